The molecule has 12 heteroatoms. The van der Waals surface area contributed by atoms with Crippen LogP contribution in [0.3, 0.4) is 0 Å². The summed E-state index contributed by atoms with van der Waals surface area (Å²) in [6, 6.07) is 21.1. The molecule has 0 spiro atoms. The second kappa shape index (κ2) is 11.4. The van der Waals surface area contributed by atoms with Gasteiger partial charge in [-0.1, -0.05) is 30.3 Å². The molecule has 11 nitrogen and oxygen atoms in total. The van der Waals surface area contributed by atoms with E-state index in [0.29, 0.717) is 11.3 Å². The second-order valence-corrected chi connectivity index (χ2v) is 8.71. The van der Waals surface area contributed by atoms with Crippen LogP contribution in [-0.2, 0) is 14.8 Å². The van der Waals surface area contributed by atoms with E-state index >= 15 is 0 Å². The molecule has 3 rings (SSSR count). The number of nitrogens with zero attached hydrogens (tertiary/aromatic N) is 4. The molecule has 1 N–H and O–H groups in total. The number of benzene rings is 3. The zero-order chi connectivity index (χ0) is 25.3. The molecule has 0 radical (unpaired) electrons. The van der Waals surface area contributed by atoms with Crippen molar-refractivity contribution in [3.63, 3.8) is 0 Å². The Kier molecular flexibility index (Phi) is 8.10. The second-order valence-electron chi connectivity index (χ2n) is 6.88. The van der Waals surface area contributed by atoms with E-state index in [1.54, 1.807) is 42.5 Å². The van der Waals surface area contributed by atoms with Crippen molar-refractivity contribution in [1.82, 2.24) is 5.43 Å². The molecule has 0 aromatic heterocycles. The van der Waals surface area contributed by atoms with E-state index in [9.17, 15) is 23.3 Å². The number of nitrogens with one attached hydrogen (secondary N) is 1. The highest BCUT2D eigenvalue weighted by Gasteiger charge is 2.33. The summed E-state index contributed by atoms with van der Waals surface area (Å²) in [6.07, 6.45) is 1.34. The first-order valence-electron chi connectivity index (χ1n) is 10.1. The standard InChI is InChI=1S/C23H19N5O6S/c24-14-15-34-20-12-10-18(11-13-20)16-25-26-23(29)17-27(19-6-2-1-3-7-19)35(32,33)22-9-5-4-8-21(22)28(30)31/h1-13,16H,15,17H2,(H,26,29). The smallest absolute Gasteiger partial charge is 0.289 e. The molecule has 0 atom stereocenters. The Morgan fingerprint density at radius 2 is 1.74 bits per heavy atom. The highest BCUT2D eigenvalue weighted by atomic mass is 32.2. The Bertz CT molecular complexity index is 1370. The van der Waals surface area contributed by atoms with E-state index < -0.39 is 38.0 Å². The normalized spacial score (nSPS) is 10.9. The maximum atomic E-state index is 13.4. The summed E-state index contributed by atoms with van der Waals surface area (Å²) in [7, 11) is -4.47. The number of para-hydroxylation sites is 2. The summed E-state index contributed by atoms with van der Waals surface area (Å²) in [4.78, 5) is 22.6. The first-order chi connectivity index (χ1) is 16.8. The zero-order valence-corrected chi connectivity index (χ0v) is 19.0. The number of nitriles is 1. The minimum absolute atomic E-state index is 0.0869. The van der Waals surface area contributed by atoms with Crippen LogP contribution in [-0.4, -0.2) is 38.6 Å². The third-order valence-corrected chi connectivity index (χ3v) is 6.37. The van der Waals surface area contributed by atoms with Gasteiger partial charge in [-0.05, 0) is 48.0 Å². The average Bonchev–Trinajstić information content (AvgIpc) is 2.87. The van der Waals surface area contributed by atoms with Crippen LogP contribution < -0.4 is 14.5 Å². The molecule has 35 heavy (non-hydrogen) atoms. The monoisotopic (exact) mass is 493 g/mol. The van der Waals surface area contributed by atoms with Crippen LogP contribution in [0, 0.1) is 21.4 Å². The van der Waals surface area contributed by atoms with Gasteiger partial charge in [0.15, 0.2) is 11.5 Å². The van der Waals surface area contributed by atoms with Crippen LogP contribution in [0.4, 0.5) is 11.4 Å². The van der Waals surface area contributed by atoms with Gasteiger partial charge in [0.25, 0.3) is 21.6 Å². The van der Waals surface area contributed by atoms with Crippen molar-refractivity contribution < 1.29 is 22.9 Å². The van der Waals surface area contributed by atoms with Crippen LogP contribution in [0.5, 0.6) is 5.75 Å². The predicted molar refractivity (Wildman–Crippen MR) is 127 cm³/mol. The number of anilines is 1. The fourth-order valence-electron chi connectivity index (χ4n) is 2.96. The van der Waals surface area contributed by atoms with E-state index in [1.165, 1.54) is 30.5 Å². The number of hydrogen-bond donors (Lipinski definition) is 1. The van der Waals surface area contributed by atoms with Crippen molar-refractivity contribution in [2.24, 2.45) is 5.10 Å². The number of rotatable bonds is 10. The first-order valence-corrected chi connectivity index (χ1v) is 11.5. The summed E-state index contributed by atoms with van der Waals surface area (Å²) < 4.78 is 32.7. The summed E-state index contributed by atoms with van der Waals surface area (Å²) in [5, 5.41) is 23.8. The lowest BCUT2D eigenvalue weighted by atomic mass is 10.2. The summed E-state index contributed by atoms with van der Waals surface area (Å²) >= 11 is 0. The van der Waals surface area contributed by atoms with Gasteiger partial charge in [0.05, 0.1) is 16.8 Å². The van der Waals surface area contributed by atoms with Gasteiger partial charge in [-0.25, -0.2) is 13.8 Å². The molecular formula is C23H19N5O6S. The summed E-state index contributed by atoms with van der Waals surface area (Å²) in [5.74, 6) is -0.271. The number of nitro groups is 1. The van der Waals surface area contributed by atoms with Gasteiger partial charge in [-0.15, -0.1) is 0 Å². The fraction of sp³-hybridized carbons (Fsp3) is 0.0870. The summed E-state index contributed by atoms with van der Waals surface area (Å²) in [6.45, 7) is -0.757. The Balaban J connectivity index is 1.79. The van der Waals surface area contributed by atoms with E-state index in [-0.39, 0.29) is 12.3 Å². The van der Waals surface area contributed by atoms with Crippen molar-refractivity contribution in [2.45, 2.75) is 4.90 Å². The lowest BCUT2D eigenvalue weighted by Crippen LogP contribution is -2.39. The Labute approximate surface area is 201 Å². The maximum Gasteiger partial charge on any atom is 0.289 e. The molecule has 0 saturated heterocycles. The van der Waals surface area contributed by atoms with Crippen molar-refractivity contribution in [3.05, 3.63) is 94.5 Å². The number of hydrogen-bond acceptors (Lipinski definition) is 8. The lowest BCUT2D eigenvalue weighted by Gasteiger charge is -2.23. The molecule has 0 bridgehead atoms. The topological polar surface area (TPSA) is 155 Å². The first kappa shape index (κ1) is 24.9. The molecule has 0 fully saturated rings. The van der Waals surface area contributed by atoms with E-state index in [2.05, 4.69) is 10.5 Å². The predicted octanol–water partition coefficient (Wildman–Crippen LogP) is 2.84. The average molecular weight is 494 g/mol. The van der Waals surface area contributed by atoms with Gasteiger partial charge >= 0.3 is 0 Å². The summed E-state index contributed by atoms with van der Waals surface area (Å²) in [5.41, 5.74) is 2.42. The van der Waals surface area contributed by atoms with Gasteiger partial charge in [-0.2, -0.15) is 10.4 Å². The highest BCUT2D eigenvalue weighted by molar-refractivity contribution is 7.93. The van der Waals surface area contributed by atoms with E-state index in [0.717, 1.165) is 16.4 Å². The minimum atomic E-state index is -4.47. The van der Waals surface area contributed by atoms with Crippen LogP contribution >= 0.6 is 0 Å². The molecule has 0 saturated carbocycles. The molecule has 178 valence electrons. The van der Waals surface area contributed by atoms with Crippen LogP contribution in [0.2, 0.25) is 0 Å². The SMILES string of the molecule is N#CCOc1ccc(C=NNC(=O)CN(c2ccccc2)S(=O)(=O)c2ccccc2[N+](=O)[O-])cc1. The number of carbonyl (C=O) groups is 1. The number of carbonyl (C=O) groups excluding carboxylic acids is 1. The largest absolute Gasteiger partial charge is 0.479 e. The molecule has 3 aromatic rings. The Hall–Kier alpha value is -4.76. The van der Waals surface area contributed by atoms with Crippen molar-refractivity contribution in [3.8, 4) is 11.8 Å². The Morgan fingerprint density at radius 3 is 2.40 bits per heavy atom. The maximum absolute atomic E-state index is 13.4. The molecule has 0 aliphatic heterocycles. The molecule has 1 amide bonds. The van der Waals surface area contributed by atoms with E-state index in [4.69, 9.17) is 10.00 Å². The molecule has 0 aliphatic carbocycles. The molecule has 0 heterocycles. The fourth-order valence-corrected chi connectivity index (χ4v) is 4.55. The van der Waals surface area contributed by atoms with Crippen LogP contribution in [0.15, 0.2) is 88.9 Å². The molecule has 3 aromatic carbocycles. The van der Waals surface area contributed by atoms with E-state index in [1.807, 2.05) is 6.07 Å². The highest BCUT2D eigenvalue weighted by Crippen LogP contribution is 2.29. The van der Waals surface area contributed by atoms with Crippen LogP contribution in [0.1, 0.15) is 5.56 Å². The molecular weight excluding hydrogens is 474 g/mol. The number of nitro benzene ring substituents is 1. The number of hydrazone groups is 1. The number of amides is 1. The van der Waals surface area contributed by atoms with Gasteiger partial charge < -0.3 is 4.74 Å². The molecule has 0 unspecified atom stereocenters. The van der Waals surface area contributed by atoms with Crippen molar-refractivity contribution in [1.29, 1.82) is 5.26 Å². The van der Waals surface area contributed by atoms with Gasteiger partial charge in [0, 0.05) is 6.07 Å². The third kappa shape index (κ3) is 6.40. The number of ether oxygens (including phenoxy) is 1. The van der Waals surface area contributed by atoms with Crippen LogP contribution in [0.25, 0.3) is 0 Å². The van der Waals surface area contributed by atoms with Crippen molar-refractivity contribution >= 4 is 33.5 Å². The van der Waals surface area contributed by atoms with Gasteiger partial charge in [0.1, 0.15) is 18.4 Å². The van der Waals surface area contributed by atoms with Crippen molar-refractivity contribution in [2.75, 3.05) is 17.5 Å². The van der Waals surface area contributed by atoms with Gasteiger partial charge in [0.2, 0.25) is 0 Å². The zero-order valence-electron chi connectivity index (χ0n) is 18.1. The molecule has 0 aliphatic rings. The minimum Gasteiger partial charge on any atom is -0.479 e. The quantitative estimate of drug-likeness (QED) is 0.259. The number of sulfonamides is 1. The Morgan fingerprint density at radius 1 is 1.09 bits per heavy atom. The van der Waals surface area contributed by atoms with Gasteiger partial charge in [-0.3, -0.25) is 19.2 Å². The lowest BCUT2D eigenvalue weighted by molar-refractivity contribution is -0.387. The third-order valence-electron chi connectivity index (χ3n) is 4.55.